The van der Waals surface area contributed by atoms with Crippen LogP contribution in [0.25, 0.3) is 0 Å². The number of carboxylic acid groups (broad SMARTS) is 1. The van der Waals surface area contributed by atoms with Gasteiger partial charge in [0.2, 0.25) is 0 Å². The maximum atomic E-state index is 11.8. The fourth-order valence-electron chi connectivity index (χ4n) is 2.77. The van der Waals surface area contributed by atoms with Crippen molar-refractivity contribution in [2.75, 3.05) is 38.8 Å². The summed E-state index contributed by atoms with van der Waals surface area (Å²) in [6.45, 7) is 1.57. The largest absolute Gasteiger partial charge is 0.481 e. The molecule has 1 aromatic rings. The van der Waals surface area contributed by atoms with Gasteiger partial charge in [0, 0.05) is 39.2 Å². The van der Waals surface area contributed by atoms with Crippen LogP contribution < -0.4 is 9.64 Å². The van der Waals surface area contributed by atoms with Crippen LogP contribution in [0.1, 0.15) is 19.3 Å². The monoisotopic (exact) mass is 295 g/mol. The maximum Gasteiger partial charge on any atom is 0.311 e. The van der Waals surface area contributed by atoms with E-state index >= 15 is 0 Å². The van der Waals surface area contributed by atoms with Crippen LogP contribution in [0.5, 0.6) is 5.88 Å². The average Bonchev–Trinajstić information content (AvgIpc) is 2.53. The van der Waals surface area contributed by atoms with Crippen molar-refractivity contribution in [3.8, 4) is 5.88 Å². The van der Waals surface area contributed by atoms with E-state index in [1.807, 2.05) is 4.90 Å². The van der Waals surface area contributed by atoms with Crippen molar-refractivity contribution in [1.82, 2.24) is 9.97 Å². The van der Waals surface area contributed by atoms with Crippen molar-refractivity contribution >= 4 is 11.8 Å². The molecule has 0 amide bonds. The van der Waals surface area contributed by atoms with E-state index in [-0.39, 0.29) is 0 Å². The number of piperidine rings is 1. The van der Waals surface area contributed by atoms with Gasteiger partial charge in [0.05, 0.1) is 12.5 Å². The molecule has 0 saturated carbocycles. The van der Waals surface area contributed by atoms with E-state index in [1.54, 1.807) is 19.5 Å². The molecule has 0 aliphatic carbocycles. The second kappa shape index (κ2) is 6.71. The lowest BCUT2D eigenvalue weighted by molar-refractivity contribution is -0.150. The first-order valence-electron chi connectivity index (χ1n) is 6.95. The van der Waals surface area contributed by atoms with E-state index < -0.39 is 11.4 Å². The summed E-state index contributed by atoms with van der Waals surface area (Å²) in [6.07, 6.45) is 5.06. The molecular weight excluding hydrogens is 274 g/mol. The van der Waals surface area contributed by atoms with Gasteiger partial charge in [-0.1, -0.05) is 0 Å². The Bertz CT molecular complexity index is 497. The van der Waals surface area contributed by atoms with Gasteiger partial charge in [0.15, 0.2) is 5.82 Å². The number of carboxylic acids is 1. The zero-order chi connectivity index (χ0) is 15.3. The Labute approximate surface area is 123 Å². The van der Waals surface area contributed by atoms with E-state index in [9.17, 15) is 9.90 Å². The van der Waals surface area contributed by atoms with Gasteiger partial charge in [0.25, 0.3) is 5.88 Å². The second-order valence-corrected chi connectivity index (χ2v) is 5.24. The Morgan fingerprint density at radius 1 is 1.43 bits per heavy atom. The summed E-state index contributed by atoms with van der Waals surface area (Å²) in [5.74, 6) is 0.236. The van der Waals surface area contributed by atoms with Crippen LogP contribution in [0.3, 0.4) is 0 Å². The number of ether oxygens (including phenoxy) is 2. The Morgan fingerprint density at radius 3 is 2.86 bits per heavy atom. The highest BCUT2D eigenvalue weighted by atomic mass is 16.5. The maximum absolute atomic E-state index is 11.8. The van der Waals surface area contributed by atoms with Gasteiger partial charge in [-0.15, -0.1) is 0 Å². The van der Waals surface area contributed by atoms with Crippen LogP contribution in [0.15, 0.2) is 12.4 Å². The third kappa shape index (κ3) is 3.24. The Balaban J connectivity index is 2.24. The van der Waals surface area contributed by atoms with Crippen molar-refractivity contribution in [3.05, 3.63) is 12.4 Å². The zero-order valence-corrected chi connectivity index (χ0v) is 12.4. The number of aliphatic carboxylic acids is 1. The lowest BCUT2D eigenvalue weighted by Crippen LogP contribution is -2.49. The van der Waals surface area contributed by atoms with Crippen molar-refractivity contribution < 1.29 is 19.4 Å². The molecule has 1 aromatic heterocycles. The van der Waals surface area contributed by atoms with Gasteiger partial charge in [0.1, 0.15) is 0 Å². The van der Waals surface area contributed by atoms with Gasteiger partial charge in [-0.3, -0.25) is 4.79 Å². The summed E-state index contributed by atoms with van der Waals surface area (Å²) in [4.78, 5) is 22.1. The standard InChI is InChI=1S/C14H21N3O4/c1-20-9-5-14(13(18)19)4-3-8-17(10-14)11-12(21-2)16-7-6-15-11/h6-7H,3-5,8-10H2,1-2H3,(H,18,19). The molecule has 116 valence electrons. The fraction of sp³-hybridized carbons (Fsp3) is 0.643. The van der Waals surface area contributed by atoms with E-state index in [1.165, 1.54) is 7.11 Å². The number of carbonyl (C=O) groups is 1. The number of aromatic nitrogens is 2. The van der Waals surface area contributed by atoms with Gasteiger partial charge in [-0.25, -0.2) is 9.97 Å². The molecule has 1 N–H and O–H groups in total. The third-order valence-corrected chi connectivity index (χ3v) is 3.95. The SMILES string of the molecule is COCCC1(C(=O)O)CCCN(c2nccnc2OC)C1. The smallest absolute Gasteiger partial charge is 0.311 e. The molecule has 1 aliphatic heterocycles. The normalized spacial score (nSPS) is 22.1. The summed E-state index contributed by atoms with van der Waals surface area (Å²) in [5.41, 5.74) is -0.809. The topological polar surface area (TPSA) is 84.8 Å². The van der Waals surface area contributed by atoms with Crippen LogP contribution in [0.4, 0.5) is 5.82 Å². The molecule has 1 saturated heterocycles. The zero-order valence-electron chi connectivity index (χ0n) is 12.4. The molecule has 0 radical (unpaired) electrons. The molecule has 2 heterocycles. The summed E-state index contributed by atoms with van der Waals surface area (Å²) in [7, 11) is 3.12. The van der Waals surface area contributed by atoms with Gasteiger partial charge in [-0.2, -0.15) is 0 Å². The third-order valence-electron chi connectivity index (χ3n) is 3.95. The molecule has 21 heavy (non-hydrogen) atoms. The van der Waals surface area contributed by atoms with Gasteiger partial charge >= 0.3 is 5.97 Å². The summed E-state index contributed by atoms with van der Waals surface area (Å²) >= 11 is 0. The molecule has 1 atom stereocenters. The molecule has 2 rings (SSSR count). The van der Waals surface area contributed by atoms with E-state index in [0.29, 0.717) is 37.7 Å². The first kappa shape index (κ1) is 15.5. The van der Waals surface area contributed by atoms with Crippen LogP contribution in [0, 0.1) is 5.41 Å². The number of anilines is 1. The fourth-order valence-corrected chi connectivity index (χ4v) is 2.77. The minimum absolute atomic E-state index is 0.390. The van der Waals surface area contributed by atoms with Gasteiger partial charge < -0.3 is 19.5 Å². The van der Waals surface area contributed by atoms with E-state index in [4.69, 9.17) is 9.47 Å². The van der Waals surface area contributed by atoms with E-state index in [2.05, 4.69) is 9.97 Å². The molecule has 7 heteroatoms. The number of methoxy groups -OCH3 is 2. The highest BCUT2D eigenvalue weighted by molar-refractivity contribution is 5.76. The van der Waals surface area contributed by atoms with Crippen molar-refractivity contribution in [2.24, 2.45) is 5.41 Å². The molecule has 1 aliphatic rings. The quantitative estimate of drug-likeness (QED) is 0.843. The minimum Gasteiger partial charge on any atom is -0.481 e. The Hall–Kier alpha value is -1.89. The predicted octanol–water partition coefficient (Wildman–Crippen LogP) is 1.19. The van der Waals surface area contributed by atoms with E-state index in [0.717, 1.165) is 13.0 Å². The summed E-state index contributed by atoms with van der Waals surface area (Å²) < 4.78 is 10.3. The Kier molecular flexibility index (Phi) is 4.95. The van der Waals surface area contributed by atoms with Crippen LogP contribution in [0.2, 0.25) is 0 Å². The first-order valence-corrected chi connectivity index (χ1v) is 6.95. The van der Waals surface area contributed by atoms with Crippen LogP contribution in [-0.4, -0.2) is 55.0 Å². The first-order chi connectivity index (χ1) is 10.1. The second-order valence-electron chi connectivity index (χ2n) is 5.24. The number of hydrogen-bond donors (Lipinski definition) is 1. The van der Waals surface area contributed by atoms with Gasteiger partial charge in [-0.05, 0) is 19.3 Å². The lowest BCUT2D eigenvalue weighted by Gasteiger charge is -2.40. The van der Waals surface area contributed by atoms with Crippen molar-refractivity contribution in [1.29, 1.82) is 0 Å². The predicted molar refractivity (Wildman–Crippen MR) is 76.6 cm³/mol. The molecule has 0 aromatic carbocycles. The molecule has 0 spiro atoms. The Morgan fingerprint density at radius 2 is 2.19 bits per heavy atom. The minimum atomic E-state index is -0.809. The number of hydrogen-bond acceptors (Lipinski definition) is 6. The summed E-state index contributed by atoms with van der Waals surface area (Å²) in [5, 5.41) is 9.66. The summed E-state index contributed by atoms with van der Waals surface area (Å²) in [6, 6.07) is 0. The van der Waals surface area contributed by atoms with Crippen LogP contribution >= 0.6 is 0 Å². The highest BCUT2D eigenvalue weighted by Crippen LogP contribution is 2.37. The number of nitrogens with zero attached hydrogens (tertiary/aromatic N) is 3. The van der Waals surface area contributed by atoms with Crippen molar-refractivity contribution in [3.63, 3.8) is 0 Å². The molecule has 7 nitrogen and oxygen atoms in total. The molecule has 1 unspecified atom stereocenters. The number of rotatable bonds is 6. The lowest BCUT2D eigenvalue weighted by atomic mass is 9.77. The average molecular weight is 295 g/mol. The van der Waals surface area contributed by atoms with Crippen LogP contribution in [-0.2, 0) is 9.53 Å². The molecule has 0 bridgehead atoms. The van der Waals surface area contributed by atoms with Crippen molar-refractivity contribution in [2.45, 2.75) is 19.3 Å². The molecular formula is C14H21N3O4. The molecule has 1 fully saturated rings. The highest BCUT2D eigenvalue weighted by Gasteiger charge is 2.43.